The molecule has 5 heteroatoms. The molecule has 0 aromatic rings. The van der Waals surface area contributed by atoms with Gasteiger partial charge in [-0.05, 0) is 19.0 Å². The van der Waals surface area contributed by atoms with Gasteiger partial charge in [-0.3, -0.25) is 9.80 Å². The van der Waals surface area contributed by atoms with E-state index in [0.717, 1.165) is 19.5 Å². The second kappa shape index (κ2) is 3.79. The molecule has 2 heterocycles. The molecule has 2 nitrogen and oxygen atoms in total. The number of hydrogen-bond acceptors (Lipinski definition) is 2. The van der Waals surface area contributed by atoms with Gasteiger partial charge in [0.2, 0.25) is 0 Å². The summed E-state index contributed by atoms with van der Waals surface area (Å²) in [7, 11) is 2.01. The molecule has 2 aliphatic heterocycles. The zero-order valence-electron chi connectivity index (χ0n) is 8.77. The summed E-state index contributed by atoms with van der Waals surface area (Å²) in [5, 5.41) is 0. The Morgan fingerprint density at radius 2 is 1.80 bits per heavy atom. The van der Waals surface area contributed by atoms with Crippen LogP contribution >= 0.6 is 0 Å². The lowest BCUT2D eigenvalue weighted by Crippen LogP contribution is -2.38. The second-order valence-electron chi connectivity index (χ2n) is 4.46. The first kappa shape index (κ1) is 11.0. The highest BCUT2D eigenvalue weighted by molar-refractivity contribution is 5.26. The van der Waals surface area contributed by atoms with E-state index < -0.39 is 12.7 Å². The fourth-order valence-electron chi connectivity index (χ4n) is 2.38. The van der Waals surface area contributed by atoms with Crippen LogP contribution in [0.5, 0.6) is 0 Å². The van der Waals surface area contributed by atoms with Gasteiger partial charge in [0, 0.05) is 26.2 Å². The number of hydrogen-bond donors (Lipinski definition) is 0. The molecule has 0 aromatic heterocycles. The van der Waals surface area contributed by atoms with E-state index in [0.29, 0.717) is 13.1 Å². The van der Waals surface area contributed by atoms with Gasteiger partial charge in [-0.1, -0.05) is 5.57 Å². The number of nitrogens with zero attached hydrogens (tertiary/aromatic N) is 2. The zero-order valence-corrected chi connectivity index (χ0v) is 8.77. The molecule has 0 fully saturated rings. The van der Waals surface area contributed by atoms with Gasteiger partial charge in [0.25, 0.3) is 0 Å². The Morgan fingerprint density at radius 3 is 2.47 bits per heavy atom. The van der Waals surface area contributed by atoms with Crippen LogP contribution < -0.4 is 0 Å². The third-order valence-electron chi connectivity index (χ3n) is 2.97. The molecule has 2 rings (SSSR count). The molecule has 15 heavy (non-hydrogen) atoms. The van der Waals surface area contributed by atoms with E-state index in [1.165, 1.54) is 16.0 Å². The Morgan fingerprint density at radius 1 is 1.13 bits per heavy atom. The minimum Gasteiger partial charge on any atom is -0.298 e. The average molecular weight is 220 g/mol. The van der Waals surface area contributed by atoms with Gasteiger partial charge in [0.15, 0.2) is 0 Å². The van der Waals surface area contributed by atoms with Crippen molar-refractivity contribution in [3.05, 3.63) is 11.1 Å². The Kier molecular flexibility index (Phi) is 2.77. The van der Waals surface area contributed by atoms with Crippen molar-refractivity contribution in [3.8, 4) is 0 Å². The monoisotopic (exact) mass is 220 g/mol. The first-order chi connectivity index (χ1) is 6.94. The van der Waals surface area contributed by atoms with Gasteiger partial charge in [-0.15, -0.1) is 0 Å². The SMILES string of the molecule is CN1CC2=C(C1)CN(CC(F)(F)F)CC2. The average Bonchev–Trinajstić information content (AvgIpc) is 2.40. The van der Waals surface area contributed by atoms with Crippen LogP contribution in [0.25, 0.3) is 0 Å². The van der Waals surface area contributed by atoms with Crippen LogP contribution in [0.2, 0.25) is 0 Å². The smallest absolute Gasteiger partial charge is 0.298 e. The first-order valence-electron chi connectivity index (χ1n) is 5.11. The second-order valence-corrected chi connectivity index (χ2v) is 4.46. The Bertz CT molecular complexity index is 283. The summed E-state index contributed by atoms with van der Waals surface area (Å²) in [6, 6.07) is 0. The van der Waals surface area contributed by atoms with E-state index in [1.54, 1.807) is 0 Å². The summed E-state index contributed by atoms with van der Waals surface area (Å²) in [6.07, 6.45) is -3.27. The van der Waals surface area contributed by atoms with E-state index in [9.17, 15) is 13.2 Å². The molecule has 86 valence electrons. The van der Waals surface area contributed by atoms with Crippen LogP contribution in [0, 0.1) is 0 Å². The van der Waals surface area contributed by atoms with Crippen molar-refractivity contribution >= 4 is 0 Å². The lowest BCUT2D eigenvalue weighted by Gasteiger charge is -2.28. The van der Waals surface area contributed by atoms with Crippen molar-refractivity contribution in [2.24, 2.45) is 0 Å². The highest BCUT2D eigenvalue weighted by Gasteiger charge is 2.33. The maximum absolute atomic E-state index is 12.2. The molecule has 0 aromatic carbocycles. The van der Waals surface area contributed by atoms with Crippen LogP contribution in [0.4, 0.5) is 13.2 Å². The molecule has 0 bridgehead atoms. The highest BCUT2D eigenvalue weighted by Crippen LogP contribution is 2.26. The van der Waals surface area contributed by atoms with Gasteiger partial charge in [-0.25, -0.2) is 0 Å². The molecular weight excluding hydrogens is 205 g/mol. The third-order valence-corrected chi connectivity index (χ3v) is 2.97. The standard InChI is InChI=1S/C10H15F3N2/c1-14-4-8-2-3-15(6-9(8)5-14)7-10(11,12)13/h2-7H2,1H3. The summed E-state index contributed by atoms with van der Waals surface area (Å²) in [5.41, 5.74) is 2.56. The zero-order chi connectivity index (χ0) is 11.1. The van der Waals surface area contributed by atoms with E-state index >= 15 is 0 Å². The van der Waals surface area contributed by atoms with Gasteiger partial charge in [0.1, 0.15) is 0 Å². The van der Waals surface area contributed by atoms with E-state index in [-0.39, 0.29) is 0 Å². The molecule has 2 aliphatic rings. The Balaban J connectivity index is 1.94. The van der Waals surface area contributed by atoms with Crippen LogP contribution in [0.3, 0.4) is 0 Å². The number of halogens is 3. The predicted octanol–water partition coefficient (Wildman–Crippen LogP) is 1.50. The summed E-state index contributed by atoms with van der Waals surface area (Å²) >= 11 is 0. The molecular formula is C10H15F3N2. The lowest BCUT2D eigenvalue weighted by atomic mass is 10.0. The van der Waals surface area contributed by atoms with Crippen molar-refractivity contribution in [3.63, 3.8) is 0 Å². The highest BCUT2D eigenvalue weighted by atomic mass is 19.4. The normalized spacial score (nSPS) is 24.8. The van der Waals surface area contributed by atoms with Gasteiger partial charge in [-0.2, -0.15) is 13.2 Å². The number of alkyl halides is 3. The topological polar surface area (TPSA) is 6.48 Å². The molecule has 0 saturated carbocycles. The molecule has 0 N–H and O–H groups in total. The third kappa shape index (κ3) is 2.72. The van der Waals surface area contributed by atoms with Gasteiger partial charge < -0.3 is 0 Å². The van der Waals surface area contributed by atoms with Crippen molar-refractivity contribution in [1.82, 2.24) is 9.80 Å². The Hall–Kier alpha value is -0.550. The largest absolute Gasteiger partial charge is 0.401 e. The van der Waals surface area contributed by atoms with Crippen LogP contribution in [0.1, 0.15) is 6.42 Å². The van der Waals surface area contributed by atoms with E-state index in [4.69, 9.17) is 0 Å². The quantitative estimate of drug-likeness (QED) is 0.618. The van der Waals surface area contributed by atoms with Crippen LogP contribution in [-0.4, -0.2) is 55.7 Å². The minimum absolute atomic E-state index is 0.499. The summed E-state index contributed by atoms with van der Waals surface area (Å²) in [6.45, 7) is 2.05. The summed E-state index contributed by atoms with van der Waals surface area (Å²) in [4.78, 5) is 3.65. The van der Waals surface area contributed by atoms with Crippen LogP contribution in [0.15, 0.2) is 11.1 Å². The van der Waals surface area contributed by atoms with Crippen molar-refractivity contribution in [2.45, 2.75) is 12.6 Å². The minimum atomic E-state index is -4.07. The Labute approximate surface area is 87.3 Å². The maximum Gasteiger partial charge on any atom is 0.401 e. The molecule has 0 radical (unpaired) electrons. The van der Waals surface area contributed by atoms with Gasteiger partial charge in [0.05, 0.1) is 6.54 Å². The molecule has 0 spiro atoms. The van der Waals surface area contributed by atoms with E-state index in [1.807, 2.05) is 7.05 Å². The predicted molar refractivity (Wildman–Crippen MR) is 51.6 cm³/mol. The molecule has 0 aliphatic carbocycles. The molecule has 0 saturated heterocycles. The maximum atomic E-state index is 12.2. The molecule has 0 atom stereocenters. The van der Waals surface area contributed by atoms with Gasteiger partial charge >= 0.3 is 6.18 Å². The fraction of sp³-hybridized carbons (Fsp3) is 0.800. The number of likely N-dealkylation sites (N-methyl/N-ethyl adjacent to an activating group) is 1. The number of rotatable bonds is 1. The van der Waals surface area contributed by atoms with Crippen molar-refractivity contribution in [1.29, 1.82) is 0 Å². The van der Waals surface area contributed by atoms with Crippen LogP contribution in [-0.2, 0) is 0 Å². The lowest BCUT2D eigenvalue weighted by molar-refractivity contribution is -0.145. The van der Waals surface area contributed by atoms with Crippen molar-refractivity contribution in [2.75, 3.05) is 39.8 Å². The van der Waals surface area contributed by atoms with Crippen molar-refractivity contribution < 1.29 is 13.2 Å². The summed E-state index contributed by atoms with van der Waals surface area (Å²) < 4.78 is 36.6. The summed E-state index contributed by atoms with van der Waals surface area (Å²) in [5.74, 6) is 0. The fourth-order valence-corrected chi connectivity index (χ4v) is 2.38. The molecule has 0 unspecified atom stereocenters. The van der Waals surface area contributed by atoms with E-state index in [2.05, 4.69) is 4.90 Å². The molecule has 0 amide bonds. The first-order valence-corrected chi connectivity index (χ1v) is 5.11.